The lowest BCUT2D eigenvalue weighted by molar-refractivity contribution is -0.384. The minimum absolute atomic E-state index is 0.0225. The van der Waals surface area contributed by atoms with Crippen LogP contribution in [-0.4, -0.2) is 35.9 Å². The average molecular weight is 438 g/mol. The lowest BCUT2D eigenvalue weighted by Crippen LogP contribution is -2.18. The van der Waals surface area contributed by atoms with Crippen molar-refractivity contribution in [2.75, 3.05) is 13.7 Å². The largest absolute Gasteiger partial charge is 0.503 e. The molecule has 0 spiro atoms. The third kappa shape index (κ3) is 4.94. The topological polar surface area (TPSA) is 123 Å². The number of amides is 1. The molecule has 0 radical (unpaired) electrons. The molecule has 2 N–H and O–H groups in total. The van der Waals surface area contributed by atoms with Crippen molar-refractivity contribution in [1.29, 1.82) is 0 Å². The van der Waals surface area contributed by atoms with Gasteiger partial charge in [-0.2, -0.15) is 5.10 Å². The molecule has 2 aromatic carbocycles. The van der Waals surface area contributed by atoms with Crippen LogP contribution < -0.4 is 14.9 Å². The van der Waals surface area contributed by atoms with Gasteiger partial charge in [0.15, 0.2) is 11.5 Å². The number of phenolic OH excluding ortho intramolecular Hbond substituents is 1. The number of phenols is 1. The summed E-state index contributed by atoms with van der Waals surface area (Å²) in [7, 11) is 1.35. The van der Waals surface area contributed by atoms with Gasteiger partial charge in [0.05, 0.1) is 34.9 Å². The smallest absolute Gasteiger partial charge is 0.275 e. The number of methoxy groups -OCH3 is 1. The van der Waals surface area contributed by atoms with Gasteiger partial charge in [0.25, 0.3) is 11.6 Å². The van der Waals surface area contributed by atoms with E-state index in [2.05, 4.69) is 26.5 Å². The number of non-ortho nitro benzene ring substituents is 1. The fraction of sp³-hybridized carbons (Fsp3) is 0.176. The fourth-order valence-corrected chi connectivity index (χ4v) is 2.61. The number of ether oxygens (including phenoxy) is 2. The fourth-order valence-electron chi connectivity index (χ4n) is 2.15. The molecular formula is C17H16BrN3O6. The van der Waals surface area contributed by atoms with Crippen molar-refractivity contribution in [3.05, 3.63) is 56.0 Å². The summed E-state index contributed by atoms with van der Waals surface area (Å²) in [5, 5.41) is 24.6. The van der Waals surface area contributed by atoms with Crippen LogP contribution in [0, 0.1) is 10.1 Å². The molecule has 27 heavy (non-hydrogen) atoms. The second kappa shape index (κ2) is 8.99. The van der Waals surface area contributed by atoms with Gasteiger partial charge in [-0.1, -0.05) is 0 Å². The number of aromatic hydroxyl groups is 1. The summed E-state index contributed by atoms with van der Waals surface area (Å²) in [6.45, 7) is 2.14. The maximum atomic E-state index is 12.3. The Morgan fingerprint density at radius 3 is 2.74 bits per heavy atom. The summed E-state index contributed by atoms with van der Waals surface area (Å²) in [5.74, 6) is -0.270. The second-order valence-corrected chi connectivity index (χ2v) is 5.98. The normalized spacial score (nSPS) is 10.6. The Morgan fingerprint density at radius 1 is 1.37 bits per heavy atom. The Bertz CT molecular complexity index is 900. The standard InChI is InChI=1S/C17H16BrN3O6/c1-3-27-15-7-10(6-13(18)16(15)22)9-19-20-17(23)12-8-11(21(24)25)4-5-14(12)26-2/h4-9,22H,3H2,1-2H3,(H,20,23)/b19-9-. The van der Waals surface area contributed by atoms with Crippen molar-refractivity contribution in [2.24, 2.45) is 5.10 Å². The first-order valence-electron chi connectivity index (χ1n) is 7.68. The van der Waals surface area contributed by atoms with E-state index in [1.165, 1.54) is 25.5 Å². The summed E-state index contributed by atoms with van der Waals surface area (Å²) in [4.78, 5) is 22.6. The van der Waals surface area contributed by atoms with E-state index in [9.17, 15) is 20.0 Å². The van der Waals surface area contributed by atoms with Crippen molar-refractivity contribution in [2.45, 2.75) is 6.92 Å². The summed E-state index contributed by atoms with van der Waals surface area (Å²) in [6.07, 6.45) is 1.34. The van der Waals surface area contributed by atoms with Crippen LogP contribution >= 0.6 is 15.9 Å². The second-order valence-electron chi connectivity index (χ2n) is 5.12. The molecule has 0 aliphatic rings. The van der Waals surface area contributed by atoms with Gasteiger partial charge in [-0.15, -0.1) is 0 Å². The predicted octanol–water partition coefficient (Wildman–Crippen LogP) is 3.23. The van der Waals surface area contributed by atoms with Crippen LogP contribution in [-0.2, 0) is 0 Å². The van der Waals surface area contributed by atoms with E-state index >= 15 is 0 Å². The van der Waals surface area contributed by atoms with Crippen LogP contribution in [0.3, 0.4) is 0 Å². The van der Waals surface area contributed by atoms with Gasteiger partial charge in [0, 0.05) is 12.1 Å². The lowest BCUT2D eigenvalue weighted by atomic mass is 10.1. The van der Waals surface area contributed by atoms with Gasteiger partial charge in [-0.05, 0) is 46.6 Å². The summed E-state index contributed by atoms with van der Waals surface area (Å²) in [5.41, 5.74) is 2.57. The number of nitro benzene ring substituents is 1. The Morgan fingerprint density at radius 2 is 2.11 bits per heavy atom. The van der Waals surface area contributed by atoms with Gasteiger partial charge < -0.3 is 14.6 Å². The molecule has 0 unspecified atom stereocenters. The SMILES string of the molecule is CCOc1cc(/C=N\NC(=O)c2cc([N+](=O)[O-])ccc2OC)cc(Br)c1O. The summed E-state index contributed by atoms with van der Waals surface area (Å²) in [6, 6.07) is 6.81. The molecule has 0 bridgehead atoms. The van der Waals surface area contributed by atoms with Gasteiger partial charge >= 0.3 is 0 Å². The van der Waals surface area contributed by atoms with Crippen LogP contribution in [0.1, 0.15) is 22.8 Å². The number of halogens is 1. The number of benzene rings is 2. The molecule has 0 heterocycles. The number of nitrogens with one attached hydrogen (secondary N) is 1. The number of hydrazone groups is 1. The van der Waals surface area contributed by atoms with Crippen LogP contribution in [0.15, 0.2) is 39.9 Å². The maximum absolute atomic E-state index is 12.3. The van der Waals surface area contributed by atoms with Crippen molar-refractivity contribution in [3.63, 3.8) is 0 Å². The molecule has 0 atom stereocenters. The third-order valence-electron chi connectivity index (χ3n) is 3.37. The molecule has 0 aromatic heterocycles. The molecule has 9 nitrogen and oxygen atoms in total. The monoisotopic (exact) mass is 437 g/mol. The van der Waals surface area contributed by atoms with Crippen LogP contribution in [0.2, 0.25) is 0 Å². The van der Waals surface area contributed by atoms with E-state index in [-0.39, 0.29) is 28.5 Å². The number of nitrogens with zero attached hydrogens (tertiary/aromatic N) is 2. The van der Waals surface area contributed by atoms with E-state index in [0.717, 1.165) is 6.07 Å². The highest BCUT2D eigenvalue weighted by Gasteiger charge is 2.17. The van der Waals surface area contributed by atoms with Crippen LogP contribution in [0.4, 0.5) is 5.69 Å². The van der Waals surface area contributed by atoms with Gasteiger partial charge in [0.2, 0.25) is 0 Å². The quantitative estimate of drug-likeness (QED) is 0.389. The number of nitro groups is 1. The van der Waals surface area contributed by atoms with Crippen LogP contribution in [0.25, 0.3) is 0 Å². The Hall–Kier alpha value is -3.14. The number of hydrogen-bond acceptors (Lipinski definition) is 7. The minimum atomic E-state index is -0.672. The molecule has 2 aromatic rings. The molecule has 0 aliphatic carbocycles. The molecule has 10 heteroatoms. The Labute approximate surface area is 162 Å². The zero-order valence-corrected chi connectivity index (χ0v) is 16.0. The van der Waals surface area contributed by atoms with E-state index in [1.54, 1.807) is 19.1 Å². The highest BCUT2D eigenvalue weighted by molar-refractivity contribution is 9.10. The zero-order valence-electron chi connectivity index (χ0n) is 14.4. The Balaban J connectivity index is 2.20. The summed E-state index contributed by atoms with van der Waals surface area (Å²) >= 11 is 3.21. The lowest BCUT2D eigenvalue weighted by Gasteiger charge is -2.08. The molecule has 0 saturated carbocycles. The Kier molecular flexibility index (Phi) is 6.72. The van der Waals surface area contributed by atoms with Crippen LogP contribution in [0.5, 0.6) is 17.2 Å². The summed E-state index contributed by atoms with van der Waals surface area (Å²) < 4.78 is 10.8. The minimum Gasteiger partial charge on any atom is -0.503 e. The van der Waals surface area contributed by atoms with Gasteiger partial charge in [0.1, 0.15) is 5.75 Å². The van der Waals surface area contributed by atoms with Gasteiger partial charge in [-0.3, -0.25) is 14.9 Å². The van der Waals surface area contributed by atoms with Crippen molar-refractivity contribution >= 4 is 33.7 Å². The van der Waals surface area contributed by atoms with E-state index in [0.29, 0.717) is 16.6 Å². The van der Waals surface area contributed by atoms with Gasteiger partial charge in [-0.25, -0.2) is 5.43 Å². The third-order valence-corrected chi connectivity index (χ3v) is 3.97. The average Bonchev–Trinajstić information content (AvgIpc) is 2.65. The zero-order chi connectivity index (χ0) is 20.0. The highest BCUT2D eigenvalue weighted by atomic mass is 79.9. The number of carbonyl (C=O) groups is 1. The molecule has 142 valence electrons. The number of carbonyl (C=O) groups excluding carboxylic acids is 1. The van der Waals surface area contributed by atoms with Crippen molar-refractivity contribution < 1.29 is 24.3 Å². The first-order valence-corrected chi connectivity index (χ1v) is 8.47. The maximum Gasteiger partial charge on any atom is 0.275 e. The molecule has 0 saturated heterocycles. The predicted molar refractivity (Wildman–Crippen MR) is 102 cm³/mol. The van der Waals surface area contributed by atoms with E-state index < -0.39 is 10.8 Å². The van der Waals surface area contributed by atoms with E-state index in [4.69, 9.17) is 9.47 Å². The first-order chi connectivity index (χ1) is 12.9. The van der Waals surface area contributed by atoms with E-state index in [1.807, 2.05) is 0 Å². The first kappa shape index (κ1) is 20.2. The van der Waals surface area contributed by atoms with Crippen molar-refractivity contribution in [1.82, 2.24) is 5.43 Å². The molecule has 0 aliphatic heterocycles. The number of hydrogen-bond donors (Lipinski definition) is 2. The number of rotatable bonds is 7. The molecular weight excluding hydrogens is 422 g/mol. The van der Waals surface area contributed by atoms with Crippen molar-refractivity contribution in [3.8, 4) is 17.2 Å². The molecule has 1 amide bonds. The molecule has 2 rings (SSSR count). The molecule has 0 fully saturated rings. The highest BCUT2D eigenvalue weighted by Crippen LogP contribution is 2.35.